The van der Waals surface area contributed by atoms with Gasteiger partial charge in [-0.3, -0.25) is 9.69 Å². The Balaban J connectivity index is 1.80. The Morgan fingerprint density at radius 1 is 1.32 bits per heavy atom. The zero-order valence-corrected chi connectivity index (χ0v) is 12.5. The summed E-state index contributed by atoms with van der Waals surface area (Å²) in [5.41, 5.74) is -0.396. The second-order valence-electron chi connectivity index (χ2n) is 6.42. The molecule has 0 saturated carbocycles. The van der Waals surface area contributed by atoms with Crippen LogP contribution in [-0.2, 0) is 4.79 Å². The average Bonchev–Trinajstić information content (AvgIpc) is 2.82. The van der Waals surface area contributed by atoms with Crippen LogP contribution in [0, 0.1) is 5.92 Å². The number of hydrogen-bond acceptors (Lipinski definition) is 4. The van der Waals surface area contributed by atoms with Gasteiger partial charge in [0.2, 0.25) is 5.91 Å². The van der Waals surface area contributed by atoms with Crippen molar-refractivity contribution in [3.63, 3.8) is 0 Å². The topological polar surface area (TPSA) is 47.6 Å². The summed E-state index contributed by atoms with van der Waals surface area (Å²) >= 11 is 0. The van der Waals surface area contributed by atoms with Gasteiger partial charge in [-0.05, 0) is 39.8 Å². The van der Waals surface area contributed by atoms with Crippen molar-refractivity contribution in [3.8, 4) is 0 Å². The monoisotopic (exact) mass is 268 g/mol. The van der Waals surface area contributed by atoms with E-state index in [9.17, 15) is 4.79 Å². The van der Waals surface area contributed by atoms with Crippen LogP contribution in [0.25, 0.3) is 0 Å². The van der Waals surface area contributed by atoms with Crippen molar-refractivity contribution in [2.45, 2.75) is 25.8 Å². The minimum Gasteiger partial charge on any atom is -0.354 e. The van der Waals surface area contributed by atoms with Crippen molar-refractivity contribution in [3.05, 3.63) is 0 Å². The van der Waals surface area contributed by atoms with Crippen LogP contribution in [0.2, 0.25) is 0 Å². The summed E-state index contributed by atoms with van der Waals surface area (Å²) in [6.45, 7) is 11.0. The standard InChI is InChI=1S/C14H28N4O/c1-14(2,18-8-5-15-6-9-18)13(19)16-10-12-4-7-17(3)11-12/h12,15H,4-11H2,1-3H3,(H,16,19). The highest BCUT2D eigenvalue weighted by atomic mass is 16.2. The molecule has 5 heteroatoms. The Hall–Kier alpha value is -0.650. The number of rotatable bonds is 4. The molecular weight excluding hydrogens is 240 g/mol. The molecule has 1 atom stereocenters. The van der Waals surface area contributed by atoms with Gasteiger partial charge in [0.15, 0.2) is 0 Å². The summed E-state index contributed by atoms with van der Waals surface area (Å²) in [7, 11) is 2.15. The lowest BCUT2D eigenvalue weighted by Gasteiger charge is -2.40. The van der Waals surface area contributed by atoms with Gasteiger partial charge in [-0.15, -0.1) is 0 Å². The van der Waals surface area contributed by atoms with Crippen molar-refractivity contribution in [2.24, 2.45) is 5.92 Å². The van der Waals surface area contributed by atoms with Crippen molar-refractivity contribution in [1.82, 2.24) is 20.4 Å². The normalized spacial score (nSPS) is 26.6. The van der Waals surface area contributed by atoms with Crippen LogP contribution in [0.5, 0.6) is 0 Å². The third-order valence-corrected chi connectivity index (χ3v) is 4.50. The number of likely N-dealkylation sites (tertiary alicyclic amines) is 1. The van der Waals surface area contributed by atoms with Gasteiger partial charge in [-0.25, -0.2) is 0 Å². The molecule has 0 bridgehead atoms. The summed E-state index contributed by atoms with van der Waals surface area (Å²) in [5.74, 6) is 0.789. The number of nitrogens with one attached hydrogen (secondary N) is 2. The third kappa shape index (κ3) is 3.68. The van der Waals surface area contributed by atoms with Gasteiger partial charge >= 0.3 is 0 Å². The molecule has 2 rings (SSSR count). The molecule has 1 unspecified atom stereocenters. The maximum Gasteiger partial charge on any atom is 0.239 e. The quantitative estimate of drug-likeness (QED) is 0.737. The average molecular weight is 268 g/mol. The molecule has 2 saturated heterocycles. The van der Waals surface area contributed by atoms with Crippen molar-refractivity contribution < 1.29 is 4.79 Å². The van der Waals surface area contributed by atoms with Crippen LogP contribution in [0.3, 0.4) is 0 Å². The van der Waals surface area contributed by atoms with E-state index in [4.69, 9.17) is 0 Å². The van der Waals surface area contributed by atoms with Crippen molar-refractivity contribution >= 4 is 5.91 Å². The van der Waals surface area contributed by atoms with Gasteiger partial charge in [0.05, 0.1) is 5.54 Å². The van der Waals surface area contributed by atoms with E-state index in [2.05, 4.69) is 27.5 Å². The van der Waals surface area contributed by atoms with Gasteiger partial charge in [0.25, 0.3) is 0 Å². The van der Waals surface area contributed by atoms with Gasteiger partial charge in [-0.1, -0.05) is 0 Å². The fourth-order valence-corrected chi connectivity index (χ4v) is 3.01. The number of nitrogens with zero attached hydrogens (tertiary/aromatic N) is 2. The van der Waals surface area contributed by atoms with Crippen LogP contribution in [0.1, 0.15) is 20.3 Å². The first kappa shape index (κ1) is 14.8. The first-order valence-electron chi connectivity index (χ1n) is 7.43. The van der Waals surface area contributed by atoms with Gasteiger partial charge < -0.3 is 15.5 Å². The number of piperazine rings is 1. The number of amides is 1. The van der Waals surface area contributed by atoms with Gasteiger partial charge in [-0.2, -0.15) is 0 Å². The van der Waals surface area contributed by atoms with Crippen LogP contribution in [-0.4, -0.2) is 74.1 Å². The summed E-state index contributed by atoms with van der Waals surface area (Å²) in [6.07, 6.45) is 1.20. The Morgan fingerprint density at radius 3 is 2.58 bits per heavy atom. The van der Waals surface area contributed by atoms with Crippen molar-refractivity contribution in [1.29, 1.82) is 0 Å². The van der Waals surface area contributed by atoms with Crippen molar-refractivity contribution in [2.75, 3.05) is 52.9 Å². The molecule has 2 N–H and O–H groups in total. The summed E-state index contributed by atoms with van der Waals surface area (Å²) in [5, 5.41) is 6.48. The first-order chi connectivity index (χ1) is 9.00. The fourth-order valence-electron chi connectivity index (χ4n) is 3.01. The molecule has 2 fully saturated rings. The molecule has 19 heavy (non-hydrogen) atoms. The van der Waals surface area contributed by atoms with Crippen LogP contribution in [0.4, 0.5) is 0 Å². The van der Waals surface area contributed by atoms with E-state index < -0.39 is 5.54 Å². The number of carbonyl (C=O) groups excluding carboxylic acids is 1. The molecule has 0 aromatic rings. The molecule has 5 nitrogen and oxygen atoms in total. The lowest BCUT2D eigenvalue weighted by Crippen LogP contribution is -2.60. The minimum atomic E-state index is -0.396. The van der Waals surface area contributed by atoms with E-state index in [1.165, 1.54) is 6.42 Å². The Kier molecular flexibility index (Phi) is 4.81. The second kappa shape index (κ2) is 6.20. The van der Waals surface area contributed by atoms with Crippen LogP contribution < -0.4 is 10.6 Å². The van der Waals surface area contributed by atoms with E-state index in [0.29, 0.717) is 5.92 Å². The molecule has 2 aliphatic rings. The molecule has 0 aromatic heterocycles. The Morgan fingerprint density at radius 2 is 2.00 bits per heavy atom. The SMILES string of the molecule is CN1CCC(CNC(=O)C(C)(C)N2CCNCC2)C1. The second-order valence-corrected chi connectivity index (χ2v) is 6.42. The molecule has 110 valence electrons. The van der Waals surface area contributed by atoms with Crippen LogP contribution >= 0.6 is 0 Å². The molecule has 0 aromatic carbocycles. The molecule has 1 amide bonds. The Bertz CT molecular complexity index is 313. The zero-order valence-electron chi connectivity index (χ0n) is 12.5. The molecule has 2 heterocycles. The van der Waals surface area contributed by atoms with E-state index >= 15 is 0 Å². The summed E-state index contributed by atoms with van der Waals surface area (Å²) < 4.78 is 0. The van der Waals surface area contributed by atoms with E-state index in [0.717, 1.165) is 45.8 Å². The molecular formula is C14H28N4O. The summed E-state index contributed by atoms with van der Waals surface area (Å²) in [6, 6.07) is 0. The predicted molar refractivity (Wildman–Crippen MR) is 77.1 cm³/mol. The molecule has 0 aliphatic carbocycles. The highest BCUT2D eigenvalue weighted by Gasteiger charge is 2.35. The maximum atomic E-state index is 12.4. The first-order valence-corrected chi connectivity index (χ1v) is 7.43. The highest BCUT2D eigenvalue weighted by Crippen LogP contribution is 2.17. The van der Waals surface area contributed by atoms with Gasteiger partial charge in [0, 0.05) is 39.3 Å². The lowest BCUT2D eigenvalue weighted by atomic mass is 9.99. The molecule has 0 radical (unpaired) electrons. The lowest BCUT2D eigenvalue weighted by molar-refractivity contribution is -0.132. The fraction of sp³-hybridized carbons (Fsp3) is 0.929. The predicted octanol–water partition coefficient (Wildman–Crippen LogP) is -0.262. The smallest absolute Gasteiger partial charge is 0.239 e. The minimum absolute atomic E-state index is 0.170. The van der Waals surface area contributed by atoms with Crippen LogP contribution in [0.15, 0.2) is 0 Å². The number of hydrogen-bond donors (Lipinski definition) is 2. The molecule has 2 aliphatic heterocycles. The zero-order chi connectivity index (χ0) is 13.9. The molecule has 0 spiro atoms. The number of carbonyl (C=O) groups is 1. The largest absolute Gasteiger partial charge is 0.354 e. The van der Waals surface area contributed by atoms with Gasteiger partial charge in [0.1, 0.15) is 0 Å². The highest BCUT2D eigenvalue weighted by molar-refractivity contribution is 5.85. The van der Waals surface area contributed by atoms with E-state index in [1.54, 1.807) is 0 Å². The maximum absolute atomic E-state index is 12.4. The third-order valence-electron chi connectivity index (χ3n) is 4.50. The van der Waals surface area contributed by atoms with E-state index in [1.807, 2.05) is 13.8 Å². The van der Waals surface area contributed by atoms with E-state index in [-0.39, 0.29) is 5.91 Å². The Labute approximate surface area is 116 Å². The summed E-state index contributed by atoms with van der Waals surface area (Å²) in [4.78, 5) is 17.0.